The van der Waals surface area contributed by atoms with Crippen molar-refractivity contribution in [2.24, 2.45) is 5.73 Å². The van der Waals surface area contributed by atoms with Crippen LogP contribution in [0.1, 0.15) is 17.7 Å². The first kappa shape index (κ1) is 12.3. The van der Waals surface area contributed by atoms with E-state index in [4.69, 9.17) is 5.73 Å². The van der Waals surface area contributed by atoms with Gasteiger partial charge in [0, 0.05) is 4.47 Å². The lowest BCUT2D eigenvalue weighted by Crippen LogP contribution is -2.00. The summed E-state index contributed by atoms with van der Waals surface area (Å²) in [5.41, 5.74) is 8.68. The number of aromatic nitrogens is 3. The maximum absolute atomic E-state index is 5.48. The first-order chi connectivity index (χ1) is 8.20. The standard InChI is InChI=1S/C12H15BrN4/c1-9-4-5-10(13)7-12(9)17-8-11(15-16-17)3-2-6-14/h4-5,7-8H,2-3,6,14H2,1H3. The summed E-state index contributed by atoms with van der Waals surface area (Å²) < 4.78 is 2.85. The van der Waals surface area contributed by atoms with Crippen LogP contribution in [0, 0.1) is 6.92 Å². The number of hydrogen-bond acceptors (Lipinski definition) is 3. The Hall–Kier alpha value is -1.20. The van der Waals surface area contributed by atoms with Crippen LogP contribution in [0.2, 0.25) is 0 Å². The SMILES string of the molecule is Cc1ccc(Br)cc1-n1cc(CCCN)nn1. The zero-order valence-electron chi connectivity index (χ0n) is 9.73. The molecule has 0 atom stereocenters. The third-order valence-electron chi connectivity index (χ3n) is 2.60. The Bertz CT molecular complexity index is 507. The Morgan fingerprint density at radius 2 is 2.24 bits per heavy atom. The van der Waals surface area contributed by atoms with Crippen LogP contribution in [0.25, 0.3) is 5.69 Å². The smallest absolute Gasteiger partial charge is 0.0832 e. The molecular weight excluding hydrogens is 280 g/mol. The lowest BCUT2D eigenvalue weighted by molar-refractivity contribution is 0.776. The van der Waals surface area contributed by atoms with Gasteiger partial charge in [-0.2, -0.15) is 0 Å². The van der Waals surface area contributed by atoms with Crippen molar-refractivity contribution in [3.63, 3.8) is 0 Å². The minimum atomic E-state index is 0.683. The van der Waals surface area contributed by atoms with Gasteiger partial charge in [-0.15, -0.1) is 5.10 Å². The highest BCUT2D eigenvalue weighted by Crippen LogP contribution is 2.19. The van der Waals surface area contributed by atoms with Crippen molar-refractivity contribution in [1.29, 1.82) is 0 Å². The minimum absolute atomic E-state index is 0.683. The Balaban J connectivity index is 2.27. The number of nitrogens with two attached hydrogens (primary N) is 1. The molecule has 0 saturated heterocycles. The van der Waals surface area contributed by atoms with E-state index in [2.05, 4.69) is 39.2 Å². The van der Waals surface area contributed by atoms with Gasteiger partial charge >= 0.3 is 0 Å². The zero-order valence-corrected chi connectivity index (χ0v) is 11.3. The molecule has 1 aromatic carbocycles. The maximum atomic E-state index is 5.48. The predicted molar refractivity (Wildman–Crippen MR) is 71.2 cm³/mol. The molecule has 5 heteroatoms. The minimum Gasteiger partial charge on any atom is -0.330 e. The zero-order chi connectivity index (χ0) is 12.3. The van der Waals surface area contributed by atoms with Gasteiger partial charge in [0.2, 0.25) is 0 Å². The van der Waals surface area contributed by atoms with Gasteiger partial charge < -0.3 is 5.73 Å². The monoisotopic (exact) mass is 294 g/mol. The molecule has 2 N–H and O–H groups in total. The average molecular weight is 295 g/mol. The van der Waals surface area contributed by atoms with Gasteiger partial charge in [0.1, 0.15) is 0 Å². The van der Waals surface area contributed by atoms with E-state index in [1.54, 1.807) is 0 Å². The lowest BCUT2D eigenvalue weighted by Gasteiger charge is -2.04. The Morgan fingerprint density at radius 1 is 1.41 bits per heavy atom. The van der Waals surface area contributed by atoms with Crippen LogP contribution in [-0.4, -0.2) is 21.5 Å². The summed E-state index contributed by atoms with van der Waals surface area (Å²) >= 11 is 3.46. The second-order valence-electron chi connectivity index (χ2n) is 3.98. The molecule has 0 fully saturated rings. The van der Waals surface area contributed by atoms with Gasteiger partial charge in [-0.05, 0) is 44.0 Å². The number of benzene rings is 1. The van der Waals surface area contributed by atoms with Gasteiger partial charge in [-0.1, -0.05) is 27.2 Å². The summed E-state index contributed by atoms with van der Waals surface area (Å²) in [5, 5.41) is 8.29. The molecule has 1 heterocycles. The topological polar surface area (TPSA) is 56.7 Å². The van der Waals surface area contributed by atoms with Crippen molar-refractivity contribution < 1.29 is 0 Å². The quantitative estimate of drug-likeness (QED) is 0.941. The fourth-order valence-corrected chi connectivity index (χ4v) is 1.99. The van der Waals surface area contributed by atoms with Crippen molar-refractivity contribution >= 4 is 15.9 Å². The van der Waals surface area contributed by atoms with E-state index in [-0.39, 0.29) is 0 Å². The van der Waals surface area contributed by atoms with E-state index < -0.39 is 0 Å². The molecule has 0 unspecified atom stereocenters. The number of aryl methyl sites for hydroxylation is 2. The summed E-state index contributed by atoms with van der Waals surface area (Å²) in [6.45, 7) is 2.74. The summed E-state index contributed by atoms with van der Waals surface area (Å²) in [4.78, 5) is 0. The van der Waals surface area contributed by atoms with Crippen LogP contribution in [0.15, 0.2) is 28.9 Å². The van der Waals surface area contributed by atoms with Crippen LogP contribution in [0.5, 0.6) is 0 Å². The van der Waals surface area contributed by atoms with E-state index in [9.17, 15) is 0 Å². The Kier molecular flexibility index (Phi) is 3.91. The van der Waals surface area contributed by atoms with Crippen molar-refractivity contribution in [3.8, 4) is 5.69 Å². The normalized spacial score (nSPS) is 10.8. The highest BCUT2D eigenvalue weighted by molar-refractivity contribution is 9.10. The van der Waals surface area contributed by atoms with Crippen LogP contribution in [-0.2, 0) is 6.42 Å². The van der Waals surface area contributed by atoms with Gasteiger partial charge in [0.05, 0.1) is 17.6 Å². The van der Waals surface area contributed by atoms with Crippen molar-refractivity contribution in [3.05, 3.63) is 40.1 Å². The predicted octanol–water partition coefficient (Wildman–Crippen LogP) is 2.23. The van der Waals surface area contributed by atoms with E-state index in [0.717, 1.165) is 28.7 Å². The van der Waals surface area contributed by atoms with Crippen LogP contribution < -0.4 is 5.73 Å². The molecule has 2 rings (SSSR count). The van der Waals surface area contributed by atoms with E-state index in [1.807, 2.05) is 23.0 Å². The highest BCUT2D eigenvalue weighted by Gasteiger charge is 2.05. The van der Waals surface area contributed by atoms with Crippen molar-refractivity contribution in [2.75, 3.05) is 6.54 Å². The van der Waals surface area contributed by atoms with Crippen LogP contribution in [0.3, 0.4) is 0 Å². The molecule has 0 aliphatic carbocycles. The molecule has 0 saturated carbocycles. The largest absolute Gasteiger partial charge is 0.330 e. The van der Waals surface area contributed by atoms with Crippen LogP contribution in [0.4, 0.5) is 0 Å². The Labute approximate surface area is 109 Å². The fraction of sp³-hybridized carbons (Fsp3) is 0.333. The third-order valence-corrected chi connectivity index (χ3v) is 3.09. The number of rotatable bonds is 4. The first-order valence-corrected chi connectivity index (χ1v) is 6.38. The van der Waals surface area contributed by atoms with Crippen LogP contribution >= 0.6 is 15.9 Å². The van der Waals surface area contributed by atoms with E-state index >= 15 is 0 Å². The van der Waals surface area contributed by atoms with Crippen molar-refractivity contribution in [2.45, 2.75) is 19.8 Å². The molecule has 0 spiro atoms. The Morgan fingerprint density at radius 3 is 3.00 bits per heavy atom. The third kappa shape index (κ3) is 2.92. The molecule has 17 heavy (non-hydrogen) atoms. The molecule has 2 aromatic rings. The molecule has 0 aliphatic heterocycles. The van der Waals surface area contributed by atoms with Gasteiger partial charge in [-0.25, -0.2) is 4.68 Å². The van der Waals surface area contributed by atoms with E-state index in [0.29, 0.717) is 6.54 Å². The second-order valence-corrected chi connectivity index (χ2v) is 4.89. The number of hydrogen-bond donors (Lipinski definition) is 1. The molecule has 1 aromatic heterocycles. The van der Waals surface area contributed by atoms with Gasteiger partial charge in [0.25, 0.3) is 0 Å². The summed E-state index contributed by atoms with van der Waals surface area (Å²) in [6.07, 6.45) is 3.78. The molecule has 0 bridgehead atoms. The highest BCUT2D eigenvalue weighted by atomic mass is 79.9. The molecular formula is C12H15BrN4. The molecule has 0 aliphatic rings. The van der Waals surface area contributed by atoms with E-state index in [1.165, 1.54) is 5.56 Å². The second kappa shape index (κ2) is 5.42. The van der Waals surface area contributed by atoms with Crippen molar-refractivity contribution in [1.82, 2.24) is 15.0 Å². The molecule has 0 radical (unpaired) electrons. The maximum Gasteiger partial charge on any atom is 0.0832 e. The average Bonchev–Trinajstić information content (AvgIpc) is 2.78. The number of halogens is 1. The molecule has 90 valence electrons. The summed E-state index contributed by atoms with van der Waals surface area (Å²) in [7, 11) is 0. The first-order valence-electron chi connectivity index (χ1n) is 5.58. The summed E-state index contributed by atoms with van der Waals surface area (Å²) in [6, 6.07) is 6.11. The lowest BCUT2D eigenvalue weighted by atomic mass is 10.2. The van der Waals surface area contributed by atoms with Gasteiger partial charge in [0.15, 0.2) is 0 Å². The molecule has 4 nitrogen and oxygen atoms in total. The fourth-order valence-electron chi connectivity index (χ4n) is 1.64. The number of nitrogens with zero attached hydrogens (tertiary/aromatic N) is 3. The summed E-state index contributed by atoms with van der Waals surface area (Å²) in [5.74, 6) is 0. The molecule has 0 amide bonds. The van der Waals surface area contributed by atoms with Gasteiger partial charge in [-0.3, -0.25) is 0 Å².